The summed E-state index contributed by atoms with van der Waals surface area (Å²) in [5.74, 6) is -0.330. The van der Waals surface area contributed by atoms with E-state index in [1.165, 1.54) is 0 Å². The topological polar surface area (TPSA) is 65.0 Å². The fourth-order valence-corrected chi connectivity index (χ4v) is 3.92. The van der Waals surface area contributed by atoms with Crippen LogP contribution in [0.3, 0.4) is 0 Å². The van der Waals surface area contributed by atoms with E-state index in [2.05, 4.69) is 0 Å². The van der Waals surface area contributed by atoms with E-state index in [0.29, 0.717) is 19.6 Å². The number of hydrogen-bond donors (Lipinski definition) is 1. The third-order valence-corrected chi connectivity index (χ3v) is 5.62. The summed E-state index contributed by atoms with van der Waals surface area (Å²) in [6.45, 7) is 0.709. The van der Waals surface area contributed by atoms with Crippen LogP contribution in [0.5, 0.6) is 0 Å². The summed E-state index contributed by atoms with van der Waals surface area (Å²) in [6.07, 6.45) is -2.23. The average molecular weight is 433 g/mol. The van der Waals surface area contributed by atoms with Gasteiger partial charge in [0.2, 0.25) is 0 Å². The van der Waals surface area contributed by atoms with Gasteiger partial charge in [0.05, 0.1) is 19.3 Å². The van der Waals surface area contributed by atoms with Gasteiger partial charge in [-0.25, -0.2) is 0 Å². The lowest BCUT2D eigenvalue weighted by atomic mass is 9.93. The molecule has 1 saturated heterocycles. The van der Waals surface area contributed by atoms with Gasteiger partial charge >= 0.3 is 5.97 Å². The molecule has 32 heavy (non-hydrogen) atoms. The minimum absolute atomic E-state index is 0.267. The van der Waals surface area contributed by atoms with Crippen molar-refractivity contribution in [3.05, 3.63) is 108 Å². The van der Waals surface area contributed by atoms with Crippen LogP contribution >= 0.6 is 0 Å². The number of cyclic esters (lactones) is 1. The highest BCUT2D eigenvalue weighted by Gasteiger charge is 2.41. The van der Waals surface area contributed by atoms with Crippen molar-refractivity contribution in [3.63, 3.8) is 0 Å². The van der Waals surface area contributed by atoms with E-state index in [0.717, 1.165) is 16.7 Å². The number of carbonyl (C=O) groups is 1. The highest BCUT2D eigenvalue weighted by molar-refractivity contribution is 5.70. The third-order valence-electron chi connectivity index (χ3n) is 5.62. The Labute approximate surface area is 188 Å². The molecule has 0 bridgehead atoms. The fourth-order valence-electron chi connectivity index (χ4n) is 3.92. The lowest BCUT2D eigenvalue weighted by Crippen LogP contribution is -2.48. The van der Waals surface area contributed by atoms with Crippen molar-refractivity contribution in [3.8, 4) is 0 Å². The molecule has 0 spiro atoms. The van der Waals surface area contributed by atoms with Crippen LogP contribution < -0.4 is 0 Å². The molecule has 5 nitrogen and oxygen atoms in total. The molecular formula is C27H28O5. The van der Waals surface area contributed by atoms with E-state index in [4.69, 9.17) is 14.2 Å². The van der Waals surface area contributed by atoms with Crippen LogP contribution in [-0.4, -0.2) is 29.4 Å². The molecule has 0 amide bonds. The van der Waals surface area contributed by atoms with Crippen LogP contribution in [-0.2, 0) is 32.2 Å². The molecule has 0 aliphatic carbocycles. The molecule has 1 aliphatic rings. The van der Waals surface area contributed by atoms with E-state index < -0.39 is 24.4 Å². The number of aliphatic hydroxyl groups is 1. The van der Waals surface area contributed by atoms with Crippen molar-refractivity contribution in [1.82, 2.24) is 0 Å². The Hall–Kier alpha value is -2.99. The number of carbonyl (C=O) groups excluding carboxylic acids is 1. The van der Waals surface area contributed by atoms with E-state index in [9.17, 15) is 9.90 Å². The van der Waals surface area contributed by atoms with Crippen molar-refractivity contribution in [2.24, 2.45) is 0 Å². The number of aliphatic hydroxyl groups excluding tert-OH is 1. The van der Waals surface area contributed by atoms with E-state index in [1.807, 2.05) is 91.0 Å². The fraction of sp³-hybridized carbons (Fsp3) is 0.296. The molecule has 3 aromatic rings. The molecule has 1 fully saturated rings. The second-order valence-corrected chi connectivity index (χ2v) is 7.95. The van der Waals surface area contributed by atoms with Gasteiger partial charge in [-0.05, 0) is 23.1 Å². The lowest BCUT2D eigenvalue weighted by molar-refractivity contribution is -0.196. The molecule has 166 valence electrons. The molecule has 0 radical (unpaired) electrons. The number of ether oxygens (including phenoxy) is 3. The summed E-state index contributed by atoms with van der Waals surface area (Å²) in [5, 5.41) is 11.4. The summed E-state index contributed by atoms with van der Waals surface area (Å²) in [5.41, 5.74) is 2.84. The van der Waals surface area contributed by atoms with Crippen molar-refractivity contribution in [2.45, 2.75) is 50.5 Å². The second-order valence-electron chi connectivity index (χ2n) is 7.95. The summed E-state index contributed by atoms with van der Waals surface area (Å²) in [6, 6.07) is 29.1. The van der Waals surface area contributed by atoms with Crippen molar-refractivity contribution >= 4 is 5.97 Å². The summed E-state index contributed by atoms with van der Waals surface area (Å²) < 4.78 is 17.9. The van der Waals surface area contributed by atoms with Gasteiger partial charge in [-0.15, -0.1) is 0 Å². The van der Waals surface area contributed by atoms with Crippen molar-refractivity contribution in [1.29, 1.82) is 0 Å². The molecule has 3 aromatic carbocycles. The van der Waals surface area contributed by atoms with Crippen LogP contribution in [0.2, 0.25) is 0 Å². The molecule has 1 N–H and O–H groups in total. The Bertz CT molecular complexity index is 961. The smallest absolute Gasteiger partial charge is 0.306 e. The monoisotopic (exact) mass is 432 g/mol. The summed E-state index contributed by atoms with van der Waals surface area (Å²) >= 11 is 0. The zero-order chi connectivity index (χ0) is 22.2. The zero-order valence-corrected chi connectivity index (χ0v) is 17.9. The number of esters is 1. The van der Waals surface area contributed by atoms with Crippen LogP contribution in [0.1, 0.15) is 35.6 Å². The Balaban J connectivity index is 1.52. The summed E-state index contributed by atoms with van der Waals surface area (Å²) in [7, 11) is 0. The van der Waals surface area contributed by atoms with Gasteiger partial charge in [-0.3, -0.25) is 4.79 Å². The molecule has 0 unspecified atom stereocenters. The SMILES string of the molecule is O=C1CC[C@@H](OCc2ccccc2)[C@H]([C@@H](O)[C@@H](OCc2ccccc2)c2ccccc2)O1. The van der Waals surface area contributed by atoms with Gasteiger partial charge in [-0.1, -0.05) is 91.0 Å². The first-order valence-corrected chi connectivity index (χ1v) is 10.9. The first-order chi connectivity index (χ1) is 15.7. The van der Waals surface area contributed by atoms with E-state index >= 15 is 0 Å². The van der Waals surface area contributed by atoms with Gasteiger partial charge in [0.15, 0.2) is 6.10 Å². The van der Waals surface area contributed by atoms with Gasteiger partial charge < -0.3 is 19.3 Å². The Morgan fingerprint density at radius 2 is 1.41 bits per heavy atom. The molecule has 1 aliphatic heterocycles. The molecule has 5 heteroatoms. The Morgan fingerprint density at radius 1 is 0.844 bits per heavy atom. The highest BCUT2D eigenvalue weighted by atomic mass is 16.6. The number of hydrogen-bond acceptors (Lipinski definition) is 5. The Morgan fingerprint density at radius 3 is 2.03 bits per heavy atom. The first-order valence-electron chi connectivity index (χ1n) is 10.9. The normalized spacial score (nSPS) is 20.3. The van der Waals surface area contributed by atoms with Crippen LogP contribution in [0, 0.1) is 0 Å². The van der Waals surface area contributed by atoms with Crippen LogP contribution in [0.4, 0.5) is 0 Å². The predicted octanol–water partition coefficient (Wildman–Crippen LogP) is 4.60. The van der Waals surface area contributed by atoms with Crippen molar-refractivity contribution in [2.75, 3.05) is 0 Å². The van der Waals surface area contributed by atoms with Crippen LogP contribution in [0.15, 0.2) is 91.0 Å². The molecular weight excluding hydrogens is 404 g/mol. The molecule has 4 rings (SSSR count). The minimum atomic E-state index is -1.08. The van der Waals surface area contributed by atoms with Gasteiger partial charge in [0, 0.05) is 6.42 Å². The molecule has 1 heterocycles. The maximum atomic E-state index is 12.1. The predicted molar refractivity (Wildman–Crippen MR) is 121 cm³/mol. The van der Waals surface area contributed by atoms with Gasteiger partial charge in [0.1, 0.15) is 12.2 Å². The maximum Gasteiger partial charge on any atom is 0.306 e. The number of rotatable bonds is 9. The molecule has 0 aromatic heterocycles. The average Bonchev–Trinajstić information content (AvgIpc) is 2.85. The largest absolute Gasteiger partial charge is 0.457 e. The maximum absolute atomic E-state index is 12.1. The summed E-state index contributed by atoms with van der Waals surface area (Å²) in [4.78, 5) is 12.1. The quantitative estimate of drug-likeness (QED) is 0.501. The second kappa shape index (κ2) is 11.0. The van der Waals surface area contributed by atoms with Crippen LogP contribution in [0.25, 0.3) is 0 Å². The van der Waals surface area contributed by atoms with Crippen molar-refractivity contribution < 1.29 is 24.1 Å². The first kappa shape index (κ1) is 22.2. The number of benzene rings is 3. The zero-order valence-electron chi connectivity index (χ0n) is 17.9. The standard InChI is InChI=1S/C27H28O5/c28-24-17-16-23(30-18-20-10-4-1-5-11-20)27(32-24)25(29)26(22-14-8-3-9-15-22)31-19-21-12-6-2-7-13-21/h1-15,23,25-27,29H,16-19H2/t23-,25+,26+,27-/m1/s1. The van der Waals surface area contributed by atoms with E-state index in [1.54, 1.807) is 0 Å². The highest BCUT2D eigenvalue weighted by Crippen LogP contribution is 2.31. The third kappa shape index (κ3) is 5.82. The Kier molecular flexibility index (Phi) is 7.67. The molecule has 0 saturated carbocycles. The lowest BCUT2D eigenvalue weighted by Gasteiger charge is -2.37. The van der Waals surface area contributed by atoms with Gasteiger partial charge in [-0.2, -0.15) is 0 Å². The minimum Gasteiger partial charge on any atom is -0.457 e. The molecule has 4 atom stereocenters. The van der Waals surface area contributed by atoms with E-state index in [-0.39, 0.29) is 12.4 Å². The van der Waals surface area contributed by atoms with Gasteiger partial charge in [0.25, 0.3) is 0 Å².